The van der Waals surface area contributed by atoms with Crippen molar-refractivity contribution < 1.29 is 4.79 Å². The number of amides is 1. The zero-order valence-electron chi connectivity index (χ0n) is 10.4. The third kappa shape index (κ3) is 3.95. The van der Waals surface area contributed by atoms with E-state index in [2.05, 4.69) is 27.9 Å². The molecule has 1 fully saturated rings. The SMILES string of the molecule is NC1(CC(=O)Nc2ccc(I)cc2)CCCCC1. The number of halogens is 1. The summed E-state index contributed by atoms with van der Waals surface area (Å²) in [6, 6.07) is 7.80. The van der Waals surface area contributed by atoms with Gasteiger partial charge in [-0.3, -0.25) is 4.79 Å². The van der Waals surface area contributed by atoms with E-state index in [1.54, 1.807) is 0 Å². The molecule has 98 valence electrons. The molecule has 1 amide bonds. The van der Waals surface area contributed by atoms with Gasteiger partial charge in [-0.2, -0.15) is 0 Å². The molecule has 3 N–H and O–H groups in total. The van der Waals surface area contributed by atoms with Gasteiger partial charge in [-0.05, 0) is 59.7 Å². The highest BCUT2D eigenvalue weighted by Crippen LogP contribution is 2.28. The summed E-state index contributed by atoms with van der Waals surface area (Å²) in [5, 5.41) is 2.92. The van der Waals surface area contributed by atoms with E-state index in [0.717, 1.165) is 34.9 Å². The van der Waals surface area contributed by atoms with Gasteiger partial charge in [0.2, 0.25) is 5.91 Å². The largest absolute Gasteiger partial charge is 0.326 e. The number of carbonyl (C=O) groups is 1. The van der Waals surface area contributed by atoms with Crippen LogP contribution in [0, 0.1) is 3.57 Å². The molecule has 1 aromatic carbocycles. The second kappa shape index (κ2) is 6.02. The highest BCUT2D eigenvalue weighted by atomic mass is 127. The predicted molar refractivity (Wildman–Crippen MR) is 82.4 cm³/mol. The number of rotatable bonds is 3. The van der Waals surface area contributed by atoms with Crippen molar-refractivity contribution in [2.45, 2.75) is 44.1 Å². The van der Waals surface area contributed by atoms with E-state index < -0.39 is 0 Å². The third-order valence-electron chi connectivity index (χ3n) is 3.49. The quantitative estimate of drug-likeness (QED) is 0.815. The molecule has 3 nitrogen and oxygen atoms in total. The third-order valence-corrected chi connectivity index (χ3v) is 4.21. The van der Waals surface area contributed by atoms with Gasteiger partial charge in [0.25, 0.3) is 0 Å². The van der Waals surface area contributed by atoms with Crippen LogP contribution in [-0.4, -0.2) is 11.4 Å². The van der Waals surface area contributed by atoms with Crippen molar-refractivity contribution in [1.29, 1.82) is 0 Å². The maximum absolute atomic E-state index is 12.0. The van der Waals surface area contributed by atoms with Gasteiger partial charge in [0, 0.05) is 21.2 Å². The molecule has 2 rings (SSSR count). The average Bonchev–Trinajstić information content (AvgIpc) is 2.32. The molecule has 0 radical (unpaired) electrons. The Balaban J connectivity index is 1.90. The molecule has 0 spiro atoms. The van der Waals surface area contributed by atoms with Gasteiger partial charge in [0.05, 0.1) is 0 Å². The van der Waals surface area contributed by atoms with Crippen molar-refractivity contribution in [3.05, 3.63) is 27.8 Å². The first-order valence-corrected chi connectivity index (χ1v) is 7.50. The molecule has 4 heteroatoms. The molecular formula is C14H19IN2O. The van der Waals surface area contributed by atoms with Crippen molar-refractivity contribution in [1.82, 2.24) is 0 Å². The van der Waals surface area contributed by atoms with Crippen LogP contribution in [0.3, 0.4) is 0 Å². The molecule has 0 aliphatic heterocycles. The Labute approximate surface area is 122 Å². The first kappa shape index (κ1) is 13.8. The molecule has 0 heterocycles. The summed E-state index contributed by atoms with van der Waals surface area (Å²) in [6.45, 7) is 0. The summed E-state index contributed by atoms with van der Waals surface area (Å²) in [5.74, 6) is 0.0283. The smallest absolute Gasteiger partial charge is 0.226 e. The monoisotopic (exact) mass is 358 g/mol. The lowest BCUT2D eigenvalue weighted by molar-refractivity contribution is -0.117. The van der Waals surface area contributed by atoms with E-state index >= 15 is 0 Å². The summed E-state index contributed by atoms with van der Waals surface area (Å²) < 4.78 is 1.16. The van der Waals surface area contributed by atoms with Crippen LogP contribution >= 0.6 is 22.6 Å². The van der Waals surface area contributed by atoms with E-state index in [0.29, 0.717) is 6.42 Å². The number of nitrogens with one attached hydrogen (secondary N) is 1. The number of benzene rings is 1. The Morgan fingerprint density at radius 1 is 1.22 bits per heavy atom. The molecule has 1 aromatic rings. The Bertz CT molecular complexity index is 410. The first-order chi connectivity index (χ1) is 8.57. The molecule has 0 saturated heterocycles. The Morgan fingerprint density at radius 2 is 1.83 bits per heavy atom. The second-order valence-corrected chi connectivity index (χ2v) is 6.40. The Morgan fingerprint density at radius 3 is 2.44 bits per heavy atom. The lowest BCUT2D eigenvalue weighted by Gasteiger charge is -2.32. The number of hydrogen-bond donors (Lipinski definition) is 2. The van der Waals surface area contributed by atoms with Crippen molar-refractivity contribution in [3.63, 3.8) is 0 Å². The lowest BCUT2D eigenvalue weighted by atomic mass is 9.80. The van der Waals surface area contributed by atoms with Crippen LogP contribution in [0.2, 0.25) is 0 Å². The summed E-state index contributed by atoms with van der Waals surface area (Å²) in [6.07, 6.45) is 5.90. The van der Waals surface area contributed by atoms with Crippen molar-refractivity contribution >= 4 is 34.2 Å². The first-order valence-electron chi connectivity index (χ1n) is 6.42. The van der Waals surface area contributed by atoms with Gasteiger partial charge < -0.3 is 11.1 Å². The number of anilines is 1. The average molecular weight is 358 g/mol. The van der Waals surface area contributed by atoms with Gasteiger partial charge >= 0.3 is 0 Å². The van der Waals surface area contributed by atoms with Crippen molar-refractivity contribution in [2.75, 3.05) is 5.32 Å². The highest BCUT2D eigenvalue weighted by molar-refractivity contribution is 14.1. The fourth-order valence-electron chi connectivity index (χ4n) is 2.49. The van der Waals surface area contributed by atoms with Crippen LogP contribution < -0.4 is 11.1 Å². The minimum Gasteiger partial charge on any atom is -0.326 e. The van der Waals surface area contributed by atoms with Gasteiger partial charge in [0.1, 0.15) is 0 Å². The summed E-state index contributed by atoms with van der Waals surface area (Å²) in [4.78, 5) is 12.0. The number of hydrogen-bond acceptors (Lipinski definition) is 2. The maximum atomic E-state index is 12.0. The standard InChI is InChI=1S/C14H19IN2O/c15-11-4-6-12(7-5-11)17-13(18)10-14(16)8-2-1-3-9-14/h4-7H,1-3,8-10,16H2,(H,17,18). The van der Waals surface area contributed by atoms with E-state index in [1.165, 1.54) is 6.42 Å². The van der Waals surface area contributed by atoms with Crippen molar-refractivity contribution in [3.8, 4) is 0 Å². The number of carbonyl (C=O) groups excluding carboxylic acids is 1. The minimum absolute atomic E-state index is 0.0283. The Kier molecular flexibility index (Phi) is 4.61. The summed E-state index contributed by atoms with van der Waals surface area (Å²) >= 11 is 2.24. The van der Waals surface area contributed by atoms with E-state index in [1.807, 2.05) is 24.3 Å². The van der Waals surface area contributed by atoms with E-state index in [9.17, 15) is 4.79 Å². The van der Waals surface area contributed by atoms with Gasteiger partial charge in [-0.25, -0.2) is 0 Å². The summed E-state index contributed by atoms with van der Waals surface area (Å²) in [7, 11) is 0. The van der Waals surface area contributed by atoms with E-state index in [-0.39, 0.29) is 11.4 Å². The van der Waals surface area contributed by atoms with Gasteiger partial charge in [-0.15, -0.1) is 0 Å². The summed E-state index contributed by atoms with van der Waals surface area (Å²) in [5.41, 5.74) is 6.84. The zero-order chi connectivity index (χ0) is 13.0. The van der Waals surface area contributed by atoms with Crippen LogP contribution in [0.25, 0.3) is 0 Å². The molecule has 0 bridgehead atoms. The molecule has 0 aromatic heterocycles. The van der Waals surface area contributed by atoms with Crippen LogP contribution in [-0.2, 0) is 4.79 Å². The fourth-order valence-corrected chi connectivity index (χ4v) is 2.85. The van der Waals surface area contributed by atoms with Gasteiger partial charge in [-0.1, -0.05) is 19.3 Å². The van der Waals surface area contributed by atoms with Crippen LogP contribution in [0.4, 0.5) is 5.69 Å². The van der Waals surface area contributed by atoms with Crippen LogP contribution in [0.5, 0.6) is 0 Å². The molecule has 0 atom stereocenters. The van der Waals surface area contributed by atoms with Crippen LogP contribution in [0.15, 0.2) is 24.3 Å². The lowest BCUT2D eigenvalue weighted by Crippen LogP contribution is -2.44. The molecule has 18 heavy (non-hydrogen) atoms. The number of nitrogens with two attached hydrogens (primary N) is 1. The normalized spacial score (nSPS) is 18.3. The zero-order valence-corrected chi connectivity index (χ0v) is 12.6. The maximum Gasteiger partial charge on any atom is 0.226 e. The topological polar surface area (TPSA) is 55.1 Å². The fraction of sp³-hybridized carbons (Fsp3) is 0.500. The van der Waals surface area contributed by atoms with E-state index in [4.69, 9.17) is 5.73 Å². The van der Waals surface area contributed by atoms with Crippen LogP contribution in [0.1, 0.15) is 38.5 Å². The molecule has 1 saturated carbocycles. The predicted octanol–water partition coefficient (Wildman–Crippen LogP) is 3.28. The molecular weight excluding hydrogens is 339 g/mol. The Hall–Kier alpha value is -0.620. The molecule has 0 unspecified atom stereocenters. The van der Waals surface area contributed by atoms with Crippen molar-refractivity contribution in [2.24, 2.45) is 5.73 Å². The molecule has 1 aliphatic rings. The highest BCUT2D eigenvalue weighted by Gasteiger charge is 2.29. The molecule has 1 aliphatic carbocycles. The van der Waals surface area contributed by atoms with Gasteiger partial charge in [0.15, 0.2) is 0 Å². The minimum atomic E-state index is -0.286. The second-order valence-electron chi connectivity index (χ2n) is 5.15.